The van der Waals surface area contributed by atoms with Crippen LogP contribution in [-0.2, 0) is 17.8 Å². The average molecular weight is 249 g/mol. The molecule has 0 aliphatic carbocycles. The molecule has 4 nitrogen and oxygen atoms in total. The van der Waals surface area contributed by atoms with Crippen LogP contribution < -0.4 is 5.73 Å². The fourth-order valence-corrected chi connectivity index (χ4v) is 2.51. The van der Waals surface area contributed by atoms with Crippen LogP contribution >= 0.6 is 0 Å². The van der Waals surface area contributed by atoms with E-state index in [1.165, 1.54) is 18.4 Å². The number of nitrogens with two attached hydrogens (primary N) is 1. The van der Waals surface area contributed by atoms with Crippen LogP contribution in [0.5, 0.6) is 0 Å². The Hall–Kier alpha value is -0.970. The molecule has 2 rings (SSSR count). The molecule has 2 heterocycles. The van der Waals surface area contributed by atoms with Crippen LogP contribution in [-0.4, -0.2) is 36.7 Å². The first-order valence-corrected chi connectivity index (χ1v) is 6.68. The highest BCUT2D eigenvalue weighted by atomic mass is 16.5. The van der Waals surface area contributed by atoms with Crippen molar-refractivity contribution in [3.05, 3.63) is 29.6 Å². The number of ether oxygens (including phenoxy) is 1. The fraction of sp³-hybridized carbons (Fsp3) is 0.643. The molecule has 0 amide bonds. The number of aromatic nitrogens is 1. The van der Waals surface area contributed by atoms with E-state index in [2.05, 4.69) is 29.1 Å². The number of hydrogen-bond acceptors (Lipinski definition) is 4. The first-order valence-electron chi connectivity index (χ1n) is 6.68. The molecule has 18 heavy (non-hydrogen) atoms. The monoisotopic (exact) mass is 249 g/mol. The molecule has 2 N–H and O–H groups in total. The van der Waals surface area contributed by atoms with Crippen LogP contribution in [0.15, 0.2) is 18.3 Å². The summed E-state index contributed by atoms with van der Waals surface area (Å²) in [6.07, 6.45) is 4.33. The summed E-state index contributed by atoms with van der Waals surface area (Å²) in [7, 11) is 2.16. The van der Waals surface area contributed by atoms with Crippen molar-refractivity contribution in [3.8, 4) is 0 Å². The van der Waals surface area contributed by atoms with Gasteiger partial charge in [0.15, 0.2) is 0 Å². The zero-order valence-corrected chi connectivity index (χ0v) is 11.1. The highest BCUT2D eigenvalue weighted by molar-refractivity contribution is 5.16. The summed E-state index contributed by atoms with van der Waals surface area (Å²) in [6.45, 7) is 4.40. The van der Waals surface area contributed by atoms with E-state index in [1.54, 1.807) is 0 Å². The van der Waals surface area contributed by atoms with Gasteiger partial charge in [-0.25, -0.2) is 0 Å². The average Bonchev–Trinajstić information content (AvgIpc) is 2.40. The molecule has 4 heteroatoms. The third-order valence-electron chi connectivity index (χ3n) is 3.37. The zero-order chi connectivity index (χ0) is 12.8. The highest BCUT2D eigenvalue weighted by Crippen LogP contribution is 2.15. The quantitative estimate of drug-likeness (QED) is 0.857. The van der Waals surface area contributed by atoms with E-state index < -0.39 is 0 Å². The lowest BCUT2D eigenvalue weighted by Crippen LogP contribution is -2.30. The van der Waals surface area contributed by atoms with Crippen LogP contribution in [0.25, 0.3) is 0 Å². The highest BCUT2D eigenvalue weighted by Gasteiger charge is 2.15. The van der Waals surface area contributed by atoms with Crippen LogP contribution in [0.2, 0.25) is 0 Å². The van der Waals surface area contributed by atoms with Gasteiger partial charge in [-0.1, -0.05) is 0 Å². The second kappa shape index (κ2) is 6.83. The van der Waals surface area contributed by atoms with Gasteiger partial charge in [-0.05, 0) is 43.5 Å². The zero-order valence-electron chi connectivity index (χ0n) is 11.1. The maximum atomic E-state index is 5.61. The molecule has 100 valence electrons. The molecule has 0 radical (unpaired) electrons. The molecule has 1 fully saturated rings. The van der Waals surface area contributed by atoms with Gasteiger partial charge < -0.3 is 15.4 Å². The van der Waals surface area contributed by atoms with Gasteiger partial charge >= 0.3 is 0 Å². The van der Waals surface area contributed by atoms with Crippen molar-refractivity contribution < 1.29 is 4.74 Å². The first kappa shape index (κ1) is 13.5. The van der Waals surface area contributed by atoms with Crippen LogP contribution in [0.3, 0.4) is 0 Å². The van der Waals surface area contributed by atoms with E-state index >= 15 is 0 Å². The molecule has 1 atom stereocenters. The van der Waals surface area contributed by atoms with Gasteiger partial charge in [-0.3, -0.25) is 4.98 Å². The molecule has 0 saturated carbocycles. The summed E-state index contributed by atoms with van der Waals surface area (Å²) >= 11 is 0. The largest absolute Gasteiger partial charge is 0.381 e. The SMILES string of the molecule is CN(Cc1ccnc(CN)c1)CC1CCCOC1. The topological polar surface area (TPSA) is 51.4 Å². The molecule has 1 aromatic rings. The van der Waals surface area contributed by atoms with Crippen molar-refractivity contribution in [1.82, 2.24) is 9.88 Å². The summed E-state index contributed by atoms with van der Waals surface area (Å²) in [4.78, 5) is 6.57. The van der Waals surface area contributed by atoms with Crippen molar-refractivity contribution >= 4 is 0 Å². The Morgan fingerprint density at radius 2 is 2.44 bits per heavy atom. The van der Waals surface area contributed by atoms with Gasteiger partial charge in [0.1, 0.15) is 0 Å². The van der Waals surface area contributed by atoms with Gasteiger partial charge in [0, 0.05) is 32.4 Å². The first-order chi connectivity index (χ1) is 8.78. The third-order valence-corrected chi connectivity index (χ3v) is 3.37. The predicted octanol–water partition coefficient (Wildman–Crippen LogP) is 1.40. The lowest BCUT2D eigenvalue weighted by molar-refractivity contribution is 0.0411. The minimum absolute atomic E-state index is 0.508. The number of hydrogen-bond donors (Lipinski definition) is 1. The summed E-state index contributed by atoms with van der Waals surface area (Å²) in [5, 5.41) is 0. The number of pyridine rings is 1. The Bertz CT molecular complexity index is 364. The lowest BCUT2D eigenvalue weighted by atomic mass is 10.0. The molecule has 1 aromatic heterocycles. The van der Waals surface area contributed by atoms with Crippen molar-refractivity contribution in [2.45, 2.75) is 25.9 Å². The van der Waals surface area contributed by atoms with Gasteiger partial charge in [-0.15, -0.1) is 0 Å². The molecule has 1 saturated heterocycles. The molecular weight excluding hydrogens is 226 g/mol. The Balaban J connectivity index is 1.83. The van der Waals surface area contributed by atoms with E-state index in [-0.39, 0.29) is 0 Å². The van der Waals surface area contributed by atoms with Gasteiger partial charge in [0.2, 0.25) is 0 Å². The maximum Gasteiger partial charge on any atom is 0.0542 e. The molecular formula is C14H23N3O. The fourth-order valence-electron chi connectivity index (χ4n) is 2.51. The smallest absolute Gasteiger partial charge is 0.0542 e. The Morgan fingerprint density at radius 1 is 1.56 bits per heavy atom. The van der Waals surface area contributed by atoms with Gasteiger partial charge in [0.25, 0.3) is 0 Å². The Morgan fingerprint density at radius 3 is 3.17 bits per heavy atom. The summed E-state index contributed by atoms with van der Waals surface area (Å²) in [5.74, 6) is 0.680. The molecule has 1 aliphatic heterocycles. The van der Waals surface area contributed by atoms with E-state index in [0.717, 1.165) is 32.0 Å². The van der Waals surface area contributed by atoms with E-state index in [1.807, 2.05) is 6.20 Å². The lowest BCUT2D eigenvalue weighted by Gasteiger charge is -2.27. The second-order valence-corrected chi connectivity index (χ2v) is 5.14. The normalized spacial score (nSPS) is 20.3. The third kappa shape index (κ3) is 4.05. The van der Waals surface area contributed by atoms with Crippen molar-refractivity contribution in [1.29, 1.82) is 0 Å². The summed E-state index contributed by atoms with van der Waals surface area (Å²) in [6, 6.07) is 4.15. The summed E-state index contributed by atoms with van der Waals surface area (Å²) in [5.41, 5.74) is 7.85. The van der Waals surface area contributed by atoms with Crippen molar-refractivity contribution in [2.24, 2.45) is 11.7 Å². The molecule has 0 spiro atoms. The van der Waals surface area contributed by atoms with E-state index in [0.29, 0.717) is 12.5 Å². The minimum atomic E-state index is 0.508. The molecule has 0 aromatic carbocycles. The second-order valence-electron chi connectivity index (χ2n) is 5.14. The summed E-state index contributed by atoms with van der Waals surface area (Å²) < 4.78 is 5.52. The standard InChI is InChI=1S/C14H23N3O/c1-17(10-13-3-2-6-18-11-13)9-12-4-5-16-14(7-12)8-15/h4-5,7,13H,2-3,6,8-11,15H2,1H3. The molecule has 1 unspecified atom stereocenters. The van der Waals surface area contributed by atoms with E-state index in [4.69, 9.17) is 10.5 Å². The van der Waals surface area contributed by atoms with Crippen LogP contribution in [0, 0.1) is 5.92 Å². The number of nitrogens with zero attached hydrogens (tertiary/aromatic N) is 2. The number of rotatable bonds is 5. The predicted molar refractivity (Wildman–Crippen MR) is 72.0 cm³/mol. The van der Waals surface area contributed by atoms with Crippen LogP contribution in [0.1, 0.15) is 24.1 Å². The molecule has 1 aliphatic rings. The Labute approximate surface area is 109 Å². The van der Waals surface area contributed by atoms with Crippen molar-refractivity contribution in [3.63, 3.8) is 0 Å². The van der Waals surface area contributed by atoms with Crippen molar-refractivity contribution in [2.75, 3.05) is 26.8 Å². The van der Waals surface area contributed by atoms with Gasteiger partial charge in [0.05, 0.1) is 12.3 Å². The van der Waals surface area contributed by atoms with Gasteiger partial charge in [-0.2, -0.15) is 0 Å². The minimum Gasteiger partial charge on any atom is -0.381 e. The molecule has 0 bridgehead atoms. The van der Waals surface area contributed by atoms with E-state index in [9.17, 15) is 0 Å². The maximum absolute atomic E-state index is 5.61. The van der Waals surface area contributed by atoms with Crippen LogP contribution in [0.4, 0.5) is 0 Å². The Kier molecular flexibility index (Phi) is 5.11.